The van der Waals surface area contributed by atoms with Gasteiger partial charge in [-0.3, -0.25) is 4.79 Å². The van der Waals surface area contributed by atoms with Gasteiger partial charge >= 0.3 is 6.18 Å². The number of halogens is 3. The van der Waals surface area contributed by atoms with Crippen molar-refractivity contribution in [3.63, 3.8) is 0 Å². The Hall–Kier alpha value is -2.70. The number of likely N-dealkylation sites (tertiary alicyclic amines) is 1. The Morgan fingerprint density at radius 3 is 2.23 bits per heavy atom. The van der Waals surface area contributed by atoms with Gasteiger partial charge in [0.15, 0.2) is 0 Å². The molecule has 4 rings (SSSR count). The van der Waals surface area contributed by atoms with E-state index in [9.17, 15) is 18.0 Å². The molecule has 1 N–H and O–H groups in total. The van der Waals surface area contributed by atoms with E-state index in [1.165, 1.54) is 30.3 Å². The van der Waals surface area contributed by atoms with Crippen LogP contribution in [0, 0.1) is 19.8 Å². The molecule has 2 aliphatic heterocycles. The predicted octanol–water partition coefficient (Wildman–Crippen LogP) is 6.42. The van der Waals surface area contributed by atoms with Gasteiger partial charge in [0, 0.05) is 50.0 Å². The summed E-state index contributed by atoms with van der Waals surface area (Å²) in [5.41, 5.74) is 2.67. The van der Waals surface area contributed by atoms with Crippen molar-refractivity contribution in [3.05, 3.63) is 59.2 Å². The number of alkyl halides is 3. The van der Waals surface area contributed by atoms with E-state index >= 15 is 0 Å². The molecule has 2 aromatic carbocycles. The van der Waals surface area contributed by atoms with Crippen molar-refractivity contribution in [2.75, 3.05) is 36.4 Å². The molecule has 0 spiro atoms. The summed E-state index contributed by atoms with van der Waals surface area (Å²) in [6.07, 6.45) is 0.885. The summed E-state index contributed by atoms with van der Waals surface area (Å²) in [4.78, 5) is 17.1. The van der Waals surface area contributed by atoms with E-state index < -0.39 is 11.7 Å². The number of nitrogens with zero attached hydrogens (tertiary/aromatic N) is 2. The zero-order chi connectivity index (χ0) is 25.0. The molecule has 2 saturated heterocycles. The molecule has 2 aromatic rings. The van der Waals surface area contributed by atoms with Gasteiger partial charge in [-0.1, -0.05) is 23.8 Å². The lowest BCUT2D eigenvalue weighted by Gasteiger charge is -2.35. The Kier molecular flexibility index (Phi) is 7.92. The van der Waals surface area contributed by atoms with Crippen LogP contribution in [0.15, 0.2) is 42.5 Å². The van der Waals surface area contributed by atoms with E-state index in [0.717, 1.165) is 45.2 Å². The van der Waals surface area contributed by atoms with Gasteiger partial charge in [-0.05, 0) is 81.7 Å². The van der Waals surface area contributed by atoms with Crippen molar-refractivity contribution in [3.8, 4) is 0 Å². The van der Waals surface area contributed by atoms with Gasteiger partial charge in [-0.25, -0.2) is 0 Å². The minimum atomic E-state index is -4.35. The van der Waals surface area contributed by atoms with Gasteiger partial charge in [0.05, 0.1) is 5.56 Å². The summed E-state index contributed by atoms with van der Waals surface area (Å²) in [5, 5.41) is 3.24. The fraction of sp³-hybridized carbons (Fsp3) is 0.536. The number of piperidine rings is 2. The van der Waals surface area contributed by atoms with Crippen LogP contribution in [0.25, 0.3) is 0 Å². The van der Waals surface area contributed by atoms with Crippen molar-refractivity contribution in [2.45, 2.75) is 64.6 Å². The molecular formula is C28H36F3N3O. The van der Waals surface area contributed by atoms with Crippen molar-refractivity contribution >= 4 is 17.3 Å². The molecule has 0 radical (unpaired) electrons. The molecule has 2 fully saturated rings. The lowest BCUT2D eigenvalue weighted by molar-refractivity contribution is -0.138. The lowest BCUT2D eigenvalue weighted by atomic mass is 9.91. The monoisotopic (exact) mass is 487 g/mol. The number of rotatable bonds is 6. The van der Waals surface area contributed by atoms with Crippen molar-refractivity contribution < 1.29 is 18.0 Å². The number of carbonyl (C=O) groups is 1. The second-order valence-electron chi connectivity index (χ2n) is 10.1. The number of hydrogen-bond donors (Lipinski definition) is 1. The van der Waals surface area contributed by atoms with Gasteiger partial charge in [0.2, 0.25) is 5.91 Å². The topological polar surface area (TPSA) is 35.6 Å². The van der Waals surface area contributed by atoms with Crippen LogP contribution in [0.4, 0.5) is 24.5 Å². The summed E-state index contributed by atoms with van der Waals surface area (Å²) in [7, 11) is 0. The Morgan fingerprint density at radius 2 is 1.60 bits per heavy atom. The number of aryl methyl sites for hydroxylation is 2. The fourth-order valence-corrected chi connectivity index (χ4v) is 5.25. The Labute approximate surface area is 206 Å². The Morgan fingerprint density at radius 1 is 0.943 bits per heavy atom. The SMILES string of the molecule is Cc1ccc(N2CCC(CCC(=O)N3CCC(Nc4ccc(C)c(C(F)(F)F)c4)CC3)CC2)cc1. The van der Waals surface area contributed by atoms with Crippen LogP contribution in [-0.4, -0.2) is 43.0 Å². The van der Waals surface area contributed by atoms with E-state index in [2.05, 4.69) is 41.4 Å². The summed E-state index contributed by atoms with van der Waals surface area (Å²) in [5.74, 6) is 0.795. The maximum Gasteiger partial charge on any atom is 0.416 e. The smallest absolute Gasteiger partial charge is 0.382 e. The first-order valence-electron chi connectivity index (χ1n) is 12.7. The van der Waals surface area contributed by atoms with E-state index in [-0.39, 0.29) is 17.5 Å². The van der Waals surface area contributed by atoms with Gasteiger partial charge in [0.25, 0.3) is 0 Å². The first-order chi connectivity index (χ1) is 16.7. The maximum atomic E-state index is 13.2. The van der Waals surface area contributed by atoms with Gasteiger partial charge in [-0.2, -0.15) is 13.2 Å². The number of carbonyl (C=O) groups excluding carboxylic acids is 1. The second kappa shape index (κ2) is 10.9. The second-order valence-corrected chi connectivity index (χ2v) is 10.1. The minimum Gasteiger partial charge on any atom is -0.382 e. The van der Waals surface area contributed by atoms with Crippen LogP contribution in [0.1, 0.15) is 55.2 Å². The molecule has 7 heteroatoms. The van der Waals surface area contributed by atoms with E-state index in [0.29, 0.717) is 31.1 Å². The summed E-state index contributed by atoms with van der Waals surface area (Å²) >= 11 is 0. The highest BCUT2D eigenvalue weighted by Crippen LogP contribution is 2.34. The number of nitrogens with one attached hydrogen (secondary N) is 1. The highest BCUT2D eigenvalue weighted by Gasteiger charge is 2.33. The maximum absolute atomic E-state index is 13.2. The molecule has 2 aliphatic rings. The molecule has 0 saturated carbocycles. The molecule has 0 aromatic heterocycles. The number of benzene rings is 2. The van der Waals surface area contributed by atoms with Crippen molar-refractivity contribution in [1.82, 2.24) is 4.90 Å². The average Bonchev–Trinajstić information content (AvgIpc) is 2.84. The van der Waals surface area contributed by atoms with Crippen LogP contribution < -0.4 is 10.2 Å². The normalized spacial score (nSPS) is 18.1. The minimum absolute atomic E-state index is 0.0777. The van der Waals surface area contributed by atoms with Crippen molar-refractivity contribution in [1.29, 1.82) is 0 Å². The highest BCUT2D eigenvalue weighted by atomic mass is 19.4. The van der Waals surface area contributed by atoms with E-state index in [1.807, 2.05) is 4.90 Å². The fourth-order valence-electron chi connectivity index (χ4n) is 5.25. The highest BCUT2D eigenvalue weighted by molar-refractivity contribution is 5.76. The van der Waals surface area contributed by atoms with Gasteiger partial charge < -0.3 is 15.1 Å². The number of anilines is 2. The standard InChI is InChI=1S/C28H36F3N3O/c1-20-3-8-25(9-4-20)33-15-11-22(12-16-33)6-10-27(35)34-17-13-23(14-18-34)32-24-7-5-21(2)26(19-24)28(29,30)31/h3-5,7-9,19,22-23,32H,6,10-18H2,1-2H3. The number of hydrogen-bond acceptors (Lipinski definition) is 3. The van der Waals surface area contributed by atoms with Crippen LogP contribution in [-0.2, 0) is 11.0 Å². The van der Waals surface area contributed by atoms with Crippen LogP contribution in [0.3, 0.4) is 0 Å². The molecule has 2 heterocycles. The molecule has 0 bridgehead atoms. The van der Waals surface area contributed by atoms with E-state index in [1.54, 1.807) is 6.07 Å². The molecule has 0 aliphatic carbocycles. The third kappa shape index (κ3) is 6.71. The predicted molar refractivity (Wildman–Crippen MR) is 135 cm³/mol. The van der Waals surface area contributed by atoms with Crippen molar-refractivity contribution in [2.24, 2.45) is 5.92 Å². The lowest BCUT2D eigenvalue weighted by Crippen LogP contribution is -2.42. The third-order valence-electron chi connectivity index (χ3n) is 7.54. The largest absolute Gasteiger partial charge is 0.416 e. The van der Waals surface area contributed by atoms with Gasteiger partial charge in [-0.15, -0.1) is 0 Å². The average molecular weight is 488 g/mol. The Bertz CT molecular complexity index is 989. The van der Waals surface area contributed by atoms with E-state index in [4.69, 9.17) is 0 Å². The summed E-state index contributed by atoms with van der Waals surface area (Å²) in [6.45, 7) is 6.95. The molecule has 1 amide bonds. The first-order valence-corrected chi connectivity index (χ1v) is 12.7. The van der Waals surface area contributed by atoms with Crippen LogP contribution >= 0.6 is 0 Å². The third-order valence-corrected chi connectivity index (χ3v) is 7.54. The Balaban J connectivity index is 1.18. The zero-order valence-electron chi connectivity index (χ0n) is 20.7. The first kappa shape index (κ1) is 25.4. The molecule has 190 valence electrons. The molecule has 0 atom stereocenters. The van der Waals surface area contributed by atoms with Gasteiger partial charge in [0.1, 0.15) is 0 Å². The number of amides is 1. The van der Waals surface area contributed by atoms with Crippen LogP contribution in [0.2, 0.25) is 0 Å². The molecular weight excluding hydrogens is 451 g/mol. The molecule has 35 heavy (non-hydrogen) atoms. The molecule has 4 nitrogen and oxygen atoms in total. The summed E-state index contributed by atoms with van der Waals surface area (Å²) < 4.78 is 39.6. The quantitative estimate of drug-likeness (QED) is 0.511. The van der Waals surface area contributed by atoms with Crippen LogP contribution in [0.5, 0.6) is 0 Å². The zero-order valence-corrected chi connectivity index (χ0v) is 20.7. The molecule has 0 unspecified atom stereocenters. The summed E-state index contributed by atoms with van der Waals surface area (Å²) in [6, 6.07) is 13.2.